The van der Waals surface area contributed by atoms with Gasteiger partial charge in [0.1, 0.15) is 6.54 Å². The summed E-state index contributed by atoms with van der Waals surface area (Å²) < 4.78 is 1.62. The van der Waals surface area contributed by atoms with Gasteiger partial charge in [0.15, 0.2) is 0 Å². The monoisotopic (exact) mass is 265 g/mol. The molecule has 1 amide bonds. The normalized spacial score (nSPS) is 16.3. The van der Waals surface area contributed by atoms with Crippen LogP contribution in [0.3, 0.4) is 0 Å². The zero-order valence-electron chi connectivity index (χ0n) is 11.1. The summed E-state index contributed by atoms with van der Waals surface area (Å²) in [6, 6.07) is 0. The van der Waals surface area contributed by atoms with Crippen molar-refractivity contribution in [2.24, 2.45) is 7.05 Å². The van der Waals surface area contributed by atoms with Crippen LogP contribution >= 0.6 is 0 Å². The van der Waals surface area contributed by atoms with Gasteiger partial charge in [0, 0.05) is 19.2 Å². The largest absolute Gasteiger partial charge is 0.480 e. The minimum atomic E-state index is -1.04. The highest BCUT2D eigenvalue weighted by Crippen LogP contribution is 2.33. The second-order valence-corrected chi connectivity index (χ2v) is 5.01. The van der Waals surface area contributed by atoms with Crippen LogP contribution in [0.15, 0.2) is 6.20 Å². The summed E-state index contributed by atoms with van der Waals surface area (Å²) in [7, 11) is 1.78. The molecular weight excluding hydrogens is 246 g/mol. The molecule has 0 radical (unpaired) electrons. The summed E-state index contributed by atoms with van der Waals surface area (Å²) in [5.74, 6) is -1.08. The zero-order chi connectivity index (χ0) is 13.8. The minimum Gasteiger partial charge on any atom is -0.480 e. The number of nitrogens with one attached hydrogen (secondary N) is 1. The SMILES string of the molecule is Cn1cc(C(=O)NCC(=O)O)c(C2CCCCC2)n1. The fourth-order valence-corrected chi connectivity index (χ4v) is 2.61. The average molecular weight is 265 g/mol. The van der Waals surface area contributed by atoms with Crippen LogP contribution in [0.25, 0.3) is 0 Å². The first kappa shape index (κ1) is 13.6. The van der Waals surface area contributed by atoms with Crippen molar-refractivity contribution in [3.63, 3.8) is 0 Å². The molecule has 1 aliphatic rings. The van der Waals surface area contributed by atoms with E-state index in [0.29, 0.717) is 11.5 Å². The van der Waals surface area contributed by atoms with Gasteiger partial charge in [0.05, 0.1) is 11.3 Å². The molecule has 0 saturated heterocycles. The van der Waals surface area contributed by atoms with Gasteiger partial charge in [0.25, 0.3) is 5.91 Å². The Labute approximate surface area is 111 Å². The van der Waals surface area contributed by atoms with Crippen molar-refractivity contribution in [3.05, 3.63) is 17.5 Å². The molecule has 0 aliphatic heterocycles. The third kappa shape index (κ3) is 3.33. The lowest BCUT2D eigenvalue weighted by Crippen LogP contribution is -2.30. The van der Waals surface area contributed by atoms with Crippen molar-refractivity contribution in [2.75, 3.05) is 6.54 Å². The number of hydrogen-bond donors (Lipinski definition) is 2. The van der Waals surface area contributed by atoms with Crippen LogP contribution in [-0.4, -0.2) is 33.3 Å². The van der Waals surface area contributed by atoms with E-state index in [2.05, 4.69) is 10.4 Å². The average Bonchev–Trinajstić information content (AvgIpc) is 2.79. The Morgan fingerprint density at radius 1 is 1.42 bits per heavy atom. The maximum Gasteiger partial charge on any atom is 0.322 e. The number of carbonyl (C=O) groups excluding carboxylic acids is 1. The van der Waals surface area contributed by atoms with Gasteiger partial charge in [-0.2, -0.15) is 5.10 Å². The molecule has 1 aromatic rings. The maximum absolute atomic E-state index is 12.0. The molecule has 0 aromatic carbocycles. The highest BCUT2D eigenvalue weighted by atomic mass is 16.4. The van der Waals surface area contributed by atoms with Gasteiger partial charge in [-0.05, 0) is 12.8 Å². The van der Waals surface area contributed by atoms with Crippen molar-refractivity contribution in [1.82, 2.24) is 15.1 Å². The molecule has 0 atom stereocenters. The van der Waals surface area contributed by atoms with Gasteiger partial charge in [-0.1, -0.05) is 19.3 Å². The smallest absolute Gasteiger partial charge is 0.322 e. The van der Waals surface area contributed by atoms with E-state index in [1.165, 1.54) is 6.42 Å². The lowest BCUT2D eigenvalue weighted by atomic mass is 9.85. The van der Waals surface area contributed by atoms with E-state index in [4.69, 9.17) is 5.11 Å². The predicted octanol–water partition coefficient (Wildman–Crippen LogP) is 1.28. The molecule has 6 nitrogen and oxygen atoms in total. The molecule has 1 aliphatic carbocycles. The Morgan fingerprint density at radius 2 is 2.11 bits per heavy atom. The number of rotatable bonds is 4. The van der Waals surface area contributed by atoms with Gasteiger partial charge in [-0.15, -0.1) is 0 Å². The van der Waals surface area contributed by atoms with Crippen LogP contribution in [-0.2, 0) is 11.8 Å². The summed E-state index contributed by atoms with van der Waals surface area (Å²) in [6.45, 7) is -0.363. The number of nitrogens with zero attached hydrogens (tertiary/aromatic N) is 2. The number of carboxylic acid groups (broad SMARTS) is 1. The van der Waals surface area contributed by atoms with E-state index in [9.17, 15) is 9.59 Å². The van der Waals surface area contributed by atoms with Crippen molar-refractivity contribution in [2.45, 2.75) is 38.0 Å². The molecule has 0 bridgehead atoms. The Kier molecular flexibility index (Phi) is 4.19. The molecule has 0 spiro atoms. The first-order chi connectivity index (χ1) is 9.08. The topological polar surface area (TPSA) is 84.2 Å². The Morgan fingerprint density at radius 3 is 2.74 bits per heavy atom. The summed E-state index contributed by atoms with van der Waals surface area (Å²) in [5.41, 5.74) is 1.32. The fourth-order valence-electron chi connectivity index (χ4n) is 2.61. The molecule has 1 aromatic heterocycles. The Balaban J connectivity index is 2.15. The van der Waals surface area contributed by atoms with Crippen molar-refractivity contribution in [3.8, 4) is 0 Å². The third-order valence-corrected chi connectivity index (χ3v) is 3.49. The Bertz CT molecular complexity index is 475. The third-order valence-electron chi connectivity index (χ3n) is 3.49. The number of carbonyl (C=O) groups is 2. The first-order valence-electron chi connectivity index (χ1n) is 6.61. The van der Waals surface area contributed by atoms with Gasteiger partial charge in [0.2, 0.25) is 0 Å². The molecule has 1 heterocycles. The van der Waals surface area contributed by atoms with Gasteiger partial charge in [-0.25, -0.2) is 0 Å². The molecule has 104 valence electrons. The van der Waals surface area contributed by atoms with E-state index in [0.717, 1.165) is 31.4 Å². The number of hydrogen-bond acceptors (Lipinski definition) is 3. The van der Waals surface area contributed by atoms with E-state index < -0.39 is 5.97 Å². The van der Waals surface area contributed by atoms with Crippen molar-refractivity contribution < 1.29 is 14.7 Å². The molecule has 0 unspecified atom stereocenters. The van der Waals surface area contributed by atoms with Crippen molar-refractivity contribution in [1.29, 1.82) is 0 Å². The predicted molar refractivity (Wildman–Crippen MR) is 69.0 cm³/mol. The summed E-state index contributed by atoms with van der Waals surface area (Å²) >= 11 is 0. The lowest BCUT2D eigenvalue weighted by Gasteiger charge is -2.20. The second kappa shape index (κ2) is 5.86. The van der Waals surface area contributed by atoms with Crippen LogP contribution in [0, 0.1) is 0 Å². The molecule has 2 rings (SSSR count). The highest BCUT2D eigenvalue weighted by molar-refractivity contribution is 5.96. The van der Waals surface area contributed by atoms with Crippen LogP contribution in [0.1, 0.15) is 54.1 Å². The highest BCUT2D eigenvalue weighted by Gasteiger charge is 2.24. The molecular formula is C13H19N3O3. The van der Waals surface area contributed by atoms with Crippen LogP contribution < -0.4 is 5.32 Å². The summed E-state index contributed by atoms with van der Waals surface area (Å²) in [5, 5.41) is 15.4. The van der Waals surface area contributed by atoms with Crippen LogP contribution in [0.5, 0.6) is 0 Å². The number of aryl methyl sites for hydroxylation is 1. The summed E-state index contributed by atoms with van der Waals surface area (Å²) in [6.07, 6.45) is 7.34. The molecule has 2 N–H and O–H groups in total. The van der Waals surface area contributed by atoms with E-state index in [-0.39, 0.29) is 12.5 Å². The second-order valence-electron chi connectivity index (χ2n) is 5.01. The maximum atomic E-state index is 12.0. The Hall–Kier alpha value is -1.85. The van der Waals surface area contributed by atoms with E-state index in [1.807, 2.05) is 0 Å². The van der Waals surface area contributed by atoms with Crippen molar-refractivity contribution >= 4 is 11.9 Å². The molecule has 1 fully saturated rings. The van der Waals surface area contributed by atoms with Gasteiger partial charge >= 0.3 is 5.97 Å². The zero-order valence-corrected chi connectivity index (χ0v) is 11.1. The number of amides is 1. The minimum absolute atomic E-state index is 0.320. The van der Waals surface area contributed by atoms with Gasteiger partial charge < -0.3 is 10.4 Å². The standard InChI is InChI=1S/C13H19N3O3/c1-16-8-10(13(19)14-7-11(17)18)12(15-16)9-5-3-2-4-6-9/h8-9H,2-7H2,1H3,(H,14,19)(H,17,18). The van der Waals surface area contributed by atoms with E-state index >= 15 is 0 Å². The molecule has 6 heteroatoms. The van der Waals surface area contributed by atoms with Crippen LogP contribution in [0.4, 0.5) is 0 Å². The number of carboxylic acids is 1. The summed E-state index contributed by atoms with van der Waals surface area (Å²) in [4.78, 5) is 22.5. The first-order valence-corrected chi connectivity index (χ1v) is 6.61. The molecule has 1 saturated carbocycles. The van der Waals surface area contributed by atoms with Gasteiger partial charge in [-0.3, -0.25) is 14.3 Å². The van der Waals surface area contributed by atoms with E-state index in [1.54, 1.807) is 17.9 Å². The fraction of sp³-hybridized carbons (Fsp3) is 0.615. The number of aliphatic carboxylic acids is 1. The lowest BCUT2D eigenvalue weighted by molar-refractivity contribution is -0.135. The number of aromatic nitrogens is 2. The quantitative estimate of drug-likeness (QED) is 0.859. The molecule has 19 heavy (non-hydrogen) atoms. The van der Waals surface area contributed by atoms with Crippen LogP contribution in [0.2, 0.25) is 0 Å².